The van der Waals surface area contributed by atoms with Crippen molar-refractivity contribution in [3.05, 3.63) is 41.7 Å². The number of ether oxygens (including phenoxy) is 2. The summed E-state index contributed by atoms with van der Waals surface area (Å²) < 4.78 is 12.6. The van der Waals surface area contributed by atoms with Gasteiger partial charge in [-0.05, 0) is 37.8 Å². The fraction of sp³-hybridized carbons (Fsp3) is 0.478. The minimum absolute atomic E-state index is 0.0718. The molecule has 2 aliphatic rings. The van der Waals surface area contributed by atoms with Crippen LogP contribution in [0.1, 0.15) is 55.2 Å². The minimum Gasteiger partial charge on any atom is -0.464 e. The fourth-order valence-corrected chi connectivity index (χ4v) is 5.11. The molecule has 0 saturated carbocycles. The van der Waals surface area contributed by atoms with Crippen LogP contribution in [-0.2, 0) is 26.2 Å². The van der Waals surface area contributed by atoms with Crippen LogP contribution in [0.25, 0.3) is 11.1 Å². The summed E-state index contributed by atoms with van der Waals surface area (Å²) in [6, 6.07) is 9.85. The molecule has 0 radical (unpaired) electrons. The number of hydrogen-bond donors (Lipinski definition) is 0. The third-order valence-corrected chi connectivity index (χ3v) is 6.57. The molecule has 0 saturated heterocycles. The summed E-state index contributed by atoms with van der Waals surface area (Å²) in [5, 5.41) is 0. The first-order valence-electron chi connectivity index (χ1n) is 10.3. The average Bonchev–Trinajstić information content (AvgIpc) is 3.16. The molecule has 1 aromatic carbocycles. The van der Waals surface area contributed by atoms with Gasteiger partial charge in [0, 0.05) is 42.3 Å². The SMILES string of the molecule is CCC12CCCn3c(C(=O)OC)cc(c31)-c1ccccc1N(COC)C(=O)CC2. The van der Waals surface area contributed by atoms with Gasteiger partial charge in [0.1, 0.15) is 12.4 Å². The van der Waals surface area contributed by atoms with Crippen LogP contribution in [0.5, 0.6) is 0 Å². The van der Waals surface area contributed by atoms with Crippen molar-refractivity contribution in [3.8, 4) is 11.1 Å². The van der Waals surface area contributed by atoms with Gasteiger partial charge in [0.05, 0.1) is 12.8 Å². The topological polar surface area (TPSA) is 60.8 Å². The molecule has 2 aromatic rings. The Morgan fingerprint density at radius 2 is 1.97 bits per heavy atom. The zero-order valence-electron chi connectivity index (χ0n) is 17.4. The predicted molar refractivity (Wildman–Crippen MR) is 111 cm³/mol. The lowest BCUT2D eigenvalue weighted by Gasteiger charge is -2.39. The first-order valence-corrected chi connectivity index (χ1v) is 10.3. The van der Waals surface area contributed by atoms with E-state index in [4.69, 9.17) is 9.47 Å². The molecule has 0 N–H and O–H groups in total. The highest BCUT2D eigenvalue weighted by atomic mass is 16.5. The highest BCUT2D eigenvalue weighted by molar-refractivity contribution is 6.00. The molecule has 3 heterocycles. The number of carbonyl (C=O) groups excluding carboxylic acids is 2. The van der Waals surface area contributed by atoms with Crippen LogP contribution in [-0.4, -0.2) is 37.4 Å². The van der Waals surface area contributed by atoms with Crippen molar-refractivity contribution < 1.29 is 19.1 Å². The molecule has 2 aliphatic heterocycles. The summed E-state index contributed by atoms with van der Waals surface area (Å²) in [6.45, 7) is 3.18. The number of benzene rings is 1. The van der Waals surface area contributed by atoms with Gasteiger partial charge in [-0.1, -0.05) is 25.1 Å². The third kappa shape index (κ3) is 3.06. The second-order valence-corrected chi connectivity index (χ2v) is 7.93. The summed E-state index contributed by atoms with van der Waals surface area (Å²) in [6.07, 6.45) is 4.12. The lowest BCUT2D eigenvalue weighted by atomic mass is 9.70. The van der Waals surface area contributed by atoms with Crippen molar-refractivity contribution in [1.82, 2.24) is 4.57 Å². The number of anilines is 1. The second kappa shape index (κ2) is 7.67. The van der Waals surface area contributed by atoms with Gasteiger partial charge in [-0.2, -0.15) is 0 Å². The molecule has 6 heteroatoms. The first-order chi connectivity index (χ1) is 14.1. The van der Waals surface area contributed by atoms with Gasteiger partial charge in [-0.15, -0.1) is 0 Å². The fourth-order valence-electron chi connectivity index (χ4n) is 5.11. The molecule has 6 nitrogen and oxygen atoms in total. The maximum Gasteiger partial charge on any atom is 0.354 e. The zero-order valence-corrected chi connectivity index (χ0v) is 17.4. The van der Waals surface area contributed by atoms with Crippen LogP contribution >= 0.6 is 0 Å². The van der Waals surface area contributed by atoms with Gasteiger partial charge in [0.15, 0.2) is 0 Å². The molecule has 154 valence electrons. The Kier molecular flexibility index (Phi) is 5.21. The van der Waals surface area contributed by atoms with Crippen molar-refractivity contribution >= 4 is 17.6 Å². The van der Waals surface area contributed by atoms with Gasteiger partial charge in [-0.25, -0.2) is 4.79 Å². The number of nitrogens with zero attached hydrogens (tertiary/aromatic N) is 2. The Hall–Kier alpha value is -2.60. The lowest BCUT2D eigenvalue weighted by molar-refractivity contribution is -0.120. The van der Waals surface area contributed by atoms with Crippen LogP contribution in [0.4, 0.5) is 5.69 Å². The number of hydrogen-bond acceptors (Lipinski definition) is 4. The van der Waals surface area contributed by atoms with Crippen LogP contribution in [0.3, 0.4) is 0 Å². The number of amides is 1. The monoisotopic (exact) mass is 396 g/mol. The first kappa shape index (κ1) is 19.7. The molecule has 0 aliphatic carbocycles. The molecule has 29 heavy (non-hydrogen) atoms. The number of aromatic nitrogens is 1. The zero-order chi connectivity index (χ0) is 20.6. The van der Waals surface area contributed by atoms with Gasteiger partial charge in [0.2, 0.25) is 5.91 Å². The highest BCUT2D eigenvalue weighted by Gasteiger charge is 2.42. The number of rotatable bonds is 4. The van der Waals surface area contributed by atoms with Gasteiger partial charge in [0.25, 0.3) is 0 Å². The summed E-state index contributed by atoms with van der Waals surface area (Å²) in [4.78, 5) is 27.5. The molecule has 0 spiro atoms. The van der Waals surface area contributed by atoms with Crippen LogP contribution in [0.2, 0.25) is 0 Å². The van der Waals surface area contributed by atoms with Crippen LogP contribution in [0.15, 0.2) is 30.3 Å². The number of esters is 1. The van der Waals surface area contributed by atoms with Crippen molar-refractivity contribution in [3.63, 3.8) is 0 Å². The van der Waals surface area contributed by atoms with E-state index in [9.17, 15) is 9.59 Å². The molecular formula is C23H28N2O4. The van der Waals surface area contributed by atoms with E-state index in [0.29, 0.717) is 12.1 Å². The van der Waals surface area contributed by atoms with Gasteiger partial charge >= 0.3 is 5.97 Å². The van der Waals surface area contributed by atoms with E-state index in [2.05, 4.69) is 11.5 Å². The maximum atomic E-state index is 13.2. The minimum atomic E-state index is -0.316. The highest BCUT2D eigenvalue weighted by Crippen LogP contribution is 2.49. The Labute approximate surface area is 171 Å². The normalized spacial score (nSPS) is 20.9. The third-order valence-electron chi connectivity index (χ3n) is 6.57. The molecule has 0 fully saturated rings. The Balaban J connectivity index is 2.04. The van der Waals surface area contributed by atoms with E-state index >= 15 is 0 Å². The van der Waals surface area contributed by atoms with Gasteiger partial charge in [-0.3, -0.25) is 9.69 Å². The second-order valence-electron chi connectivity index (χ2n) is 7.93. The van der Waals surface area contributed by atoms with Crippen molar-refractivity contribution in [2.75, 3.05) is 25.9 Å². The van der Waals surface area contributed by atoms with E-state index < -0.39 is 0 Å². The summed E-state index contributed by atoms with van der Waals surface area (Å²) >= 11 is 0. The van der Waals surface area contributed by atoms with Crippen molar-refractivity contribution in [1.29, 1.82) is 0 Å². The van der Waals surface area contributed by atoms with Crippen molar-refractivity contribution in [2.24, 2.45) is 0 Å². The molecule has 4 rings (SSSR count). The number of fused-ring (bicyclic) bond motifs is 2. The Morgan fingerprint density at radius 1 is 1.17 bits per heavy atom. The lowest BCUT2D eigenvalue weighted by Crippen LogP contribution is -2.37. The van der Waals surface area contributed by atoms with E-state index in [1.165, 1.54) is 12.8 Å². The van der Waals surface area contributed by atoms with Crippen molar-refractivity contribution in [2.45, 2.75) is 51.0 Å². The van der Waals surface area contributed by atoms with E-state index in [0.717, 1.165) is 49.0 Å². The molecule has 1 amide bonds. The van der Waals surface area contributed by atoms with Gasteiger partial charge < -0.3 is 14.0 Å². The van der Waals surface area contributed by atoms with Crippen LogP contribution < -0.4 is 4.90 Å². The molecule has 1 aromatic heterocycles. The van der Waals surface area contributed by atoms with E-state index in [1.807, 2.05) is 30.3 Å². The predicted octanol–water partition coefficient (Wildman–Crippen LogP) is 4.11. The Bertz CT molecular complexity index is 948. The number of carbonyl (C=O) groups is 2. The largest absolute Gasteiger partial charge is 0.464 e. The number of methoxy groups -OCH3 is 2. The summed E-state index contributed by atoms with van der Waals surface area (Å²) in [7, 11) is 3.03. The summed E-state index contributed by atoms with van der Waals surface area (Å²) in [5.41, 5.74) is 4.44. The quantitative estimate of drug-likeness (QED) is 0.730. The molecular weight excluding hydrogens is 368 g/mol. The molecule has 1 unspecified atom stereocenters. The Morgan fingerprint density at radius 3 is 2.69 bits per heavy atom. The standard InChI is InChI=1S/C23H28N2O4/c1-4-23-11-7-13-24-19(22(27)29-3)14-17(21(23)24)16-8-5-6-9-18(16)25(15-28-2)20(26)10-12-23/h5-6,8-9,14H,4,7,10-13,15H2,1-3H3. The molecule has 1 atom stereocenters. The maximum absolute atomic E-state index is 13.2. The number of para-hydroxylation sites is 1. The summed E-state index contributed by atoms with van der Waals surface area (Å²) in [5.74, 6) is -0.244. The smallest absolute Gasteiger partial charge is 0.354 e. The van der Waals surface area contributed by atoms with Crippen LogP contribution in [0, 0.1) is 0 Å². The van der Waals surface area contributed by atoms with E-state index in [-0.39, 0.29) is 24.0 Å². The molecule has 0 bridgehead atoms. The van der Waals surface area contributed by atoms with E-state index in [1.54, 1.807) is 12.0 Å². The average molecular weight is 396 g/mol.